The molecule has 118 valence electrons. The smallest absolute Gasteiger partial charge is 0.264 e. The molecule has 8 heteroatoms. The van der Waals surface area contributed by atoms with Gasteiger partial charge in [-0.2, -0.15) is 0 Å². The lowest BCUT2D eigenvalue weighted by molar-refractivity contribution is 0.0898. The Morgan fingerprint density at radius 2 is 2.30 bits per heavy atom. The third kappa shape index (κ3) is 1.81. The fourth-order valence-electron chi connectivity index (χ4n) is 4.47. The van der Waals surface area contributed by atoms with Crippen molar-refractivity contribution in [2.75, 3.05) is 11.1 Å². The highest BCUT2D eigenvalue weighted by atomic mass is 32.1. The number of hydrogen-bond acceptors (Lipinski definition) is 7. The lowest BCUT2D eigenvalue weighted by Crippen LogP contribution is -2.44. The van der Waals surface area contributed by atoms with E-state index in [0.717, 1.165) is 22.9 Å². The van der Waals surface area contributed by atoms with Crippen LogP contribution in [0.4, 0.5) is 16.8 Å². The second-order valence-electron chi connectivity index (χ2n) is 6.66. The lowest BCUT2D eigenvalue weighted by Gasteiger charge is -2.33. The molecular formula is C15H16N6OS. The maximum Gasteiger partial charge on any atom is 0.264 e. The van der Waals surface area contributed by atoms with Crippen LogP contribution in [-0.4, -0.2) is 20.9 Å². The van der Waals surface area contributed by atoms with Crippen molar-refractivity contribution < 1.29 is 4.79 Å². The monoisotopic (exact) mass is 328 g/mol. The Morgan fingerprint density at radius 3 is 3.04 bits per heavy atom. The van der Waals surface area contributed by atoms with Crippen molar-refractivity contribution in [2.45, 2.75) is 31.2 Å². The number of fused-ring (bicyclic) bond motifs is 5. The molecule has 1 aliphatic heterocycles. The van der Waals surface area contributed by atoms with Crippen molar-refractivity contribution in [2.24, 2.45) is 11.8 Å². The number of nitrogens with zero attached hydrogens (tertiary/aromatic N) is 3. The standard InChI is InChI=1S/C15H16N6OS/c16-9-4-10(18-6-17-9)19-14-20-12-11(23-14)13(22)21-15(12)5-7-1-2-8(15)3-7/h4,6-8H,1-3,5H2,(H,21,22)(H3,16,17,18,19,20). The minimum Gasteiger partial charge on any atom is -0.384 e. The molecule has 3 heterocycles. The number of thiazole rings is 1. The number of hydrogen-bond donors (Lipinski definition) is 3. The van der Waals surface area contributed by atoms with Crippen LogP contribution in [0.25, 0.3) is 0 Å². The van der Waals surface area contributed by atoms with Crippen LogP contribution in [0.3, 0.4) is 0 Å². The molecule has 2 aliphatic carbocycles. The van der Waals surface area contributed by atoms with Gasteiger partial charge >= 0.3 is 0 Å². The number of nitrogen functional groups attached to an aromatic ring is 1. The van der Waals surface area contributed by atoms with Gasteiger partial charge in [0.2, 0.25) is 0 Å². The summed E-state index contributed by atoms with van der Waals surface area (Å²) in [6.45, 7) is 0. The molecule has 3 atom stereocenters. The normalized spacial score (nSPS) is 30.7. The van der Waals surface area contributed by atoms with Crippen LogP contribution in [-0.2, 0) is 5.54 Å². The predicted octanol–water partition coefficient (Wildman–Crippen LogP) is 2.02. The summed E-state index contributed by atoms with van der Waals surface area (Å²) in [6.07, 6.45) is 6.12. The molecule has 0 aromatic carbocycles. The molecular weight excluding hydrogens is 312 g/mol. The number of carbonyl (C=O) groups is 1. The highest BCUT2D eigenvalue weighted by Gasteiger charge is 2.58. The number of rotatable bonds is 2. The number of nitrogens with one attached hydrogen (secondary N) is 2. The SMILES string of the molecule is Nc1cc(Nc2nc3c(s2)C(=O)NC32CC3CCC2C3)ncn1. The maximum atomic E-state index is 12.4. The summed E-state index contributed by atoms with van der Waals surface area (Å²) >= 11 is 1.38. The second kappa shape index (κ2) is 4.41. The first-order valence-corrected chi connectivity index (χ1v) is 8.64. The van der Waals surface area contributed by atoms with Crippen molar-refractivity contribution in [3.05, 3.63) is 23.0 Å². The van der Waals surface area contributed by atoms with Gasteiger partial charge in [0.15, 0.2) is 5.13 Å². The summed E-state index contributed by atoms with van der Waals surface area (Å²) in [7, 11) is 0. The van der Waals surface area contributed by atoms with Crippen molar-refractivity contribution >= 4 is 34.0 Å². The van der Waals surface area contributed by atoms with Crippen LogP contribution >= 0.6 is 11.3 Å². The van der Waals surface area contributed by atoms with E-state index in [1.807, 2.05) is 0 Å². The summed E-state index contributed by atoms with van der Waals surface area (Å²) in [4.78, 5) is 25.9. The van der Waals surface area contributed by atoms with E-state index in [-0.39, 0.29) is 11.4 Å². The van der Waals surface area contributed by atoms with Gasteiger partial charge in [0.05, 0.1) is 11.2 Å². The zero-order chi connectivity index (χ0) is 15.6. The van der Waals surface area contributed by atoms with Gasteiger partial charge in [-0.25, -0.2) is 15.0 Å². The topological polar surface area (TPSA) is 106 Å². The van der Waals surface area contributed by atoms with Gasteiger partial charge in [-0.15, -0.1) is 0 Å². The molecule has 1 spiro atoms. The summed E-state index contributed by atoms with van der Waals surface area (Å²) in [6, 6.07) is 1.65. The Morgan fingerprint density at radius 1 is 1.39 bits per heavy atom. The third-order valence-electron chi connectivity index (χ3n) is 5.36. The fraction of sp³-hybridized carbons (Fsp3) is 0.467. The zero-order valence-electron chi connectivity index (χ0n) is 12.4. The van der Waals surface area contributed by atoms with Crippen LogP contribution in [0, 0.1) is 11.8 Å². The molecule has 23 heavy (non-hydrogen) atoms. The van der Waals surface area contributed by atoms with Gasteiger partial charge in [-0.1, -0.05) is 11.3 Å². The number of anilines is 3. The van der Waals surface area contributed by atoms with E-state index < -0.39 is 0 Å². The van der Waals surface area contributed by atoms with Crippen LogP contribution in [0.2, 0.25) is 0 Å². The fourth-order valence-corrected chi connectivity index (χ4v) is 5.43. The molecule has 1 amide bonds. The summed E-state index contributed by atoms with van der Waals surface area (Å²) in [5.41, 5.74) is 6.38. The summed E-state index contributed by atoms with van der Waals surface area (Å²) in [5.74, 6) is 2.26. The minimum atomic E-state index is -0.226. The zero-order valence-corrected chi connectivity index (χ0v) is 13.2. The van der Waals surface area contributed by atoms with E-state index >= 15 is 0 Å². The Labute approximate surface area is 136 Å². The van der Waals surface area contributed by atoms with Gasteiger partial charge in [0.1, 0.15) is 22.8 Å². The highest BCUT2D eigenvalue weighted by molar-refractivity contribution is 7.17. The van der Waals surface area contributed by atoms with Crippen molar-refractivity contribution in [1.82, 2.24) is 20.3 Å². The molecule has 0 saturated heterocycles. The number of aromatic nitrogens is 3. The second-order valence-corrected chi connectivity index (χ2v) is 7.65. The first-order chi connectivity index (χ1) is 11.1. The Hall–Kier alpha value is -2.22. The van der Waals surface area contributed by atoms with Crippen LogP contribution in [0.15, 0.2) is 12.4 Å². The first kappa shape index (κ1) is 13.2. The molecule has 2 saturated carbocycles. The molecule has 7 nitrogen and oxygen atoms in total. The highest BCUT2D eigenvalue weighted by Crippen LogP contribution is 2.58. The molecule has 5 rings (SSSR count). The third-order valence-corrected chi connectivity index (χ3v) is 6.33. The first-order valence-electron chi connectivity index (χ1n) is 7.82. The van der Waals surface area contributed by atoms with E-state index in [4.69, 9.17) is 10.7 Å². The minimum absolute atomic E-state index is 0.0142. The molecule has 3 unspecified atom stereocenters. The van der Waals surface area contributed by atoms with Gasteiger partial charge in [0, 0.05) is 6.07 Å². The average Bonchev–Trinajstić information content (AvgIpc) is 3.24. The van der Waals surface area contributed by atoms with E-state index in [1.54, 1.807) is 6.07 Å². The molecule has 4 N–H and O–H groups in total. The van der Waals surface area contributed by atoms with Gasteiger partial charge in [0.25, 0.3) is 5.91 Å². The largest absolute Gasteiger partial charge is 0.384 e. The van der Waals surface area contributed by atoms with E-state index in [0.29, 0.717) is 22.7 Å². The van der Waals surface area contributed by atoms with Gasteiger partial charge < -0.3 is 16.4 Å². The van der Waals surface area contributed by atoms with Crippen molar-refractivity contribution in [1.29, 1.82) is 0 Å². The Balaban J connectivity index is 1.51. The van der Waals surface area contributed by atoms with E-state index in [2.05, 4.69) is 20.6 Å². The number of nitrogens with two attached hydrogens (primary N) is 1. The lowest BCUT2D eigenvalue weighted by atomic mass is 9.80. The maximum absolute atomic E-state index is 12.4. The van der Waals surface area contributed by atoms with Crippen LogP contribution in [0.5, 0.6) is 0 Å². The summed E-state index contributed by atoms with van der Waals surface area (Å²) in [5, 5.41) is 7.07. The van der Waals surface area contributed by atoms with Crippen molar-refractivity contribution in [3.8, 4) is 0 Å². The molecule has 2 aromatic heterocycles. The summed E-state index contributed by atoms with van der Waals surface area (Å²) < 4.78 is 0. The van der Waals surface area contributed by atoms with E-state index in [1.165, 1.54) is 36.9 Å². The van der Waals surface area contributed by atoms with E-state index in [9.17, 15) is 4.79 Å². The van der Waals surface area contributed by atoms with Crippen molar-refractivity contribution in [3.63, 3.8) is 0 Å². The molecule has 2 fully saturated rings. The molecule has 2 bridgehead atoms. The Bertz CT molecular complexity index is 820. The quantitative estimate of drug-likeness (QED) is 0.779. The number of amides is 1. The number of carbonyl (C=O) groups excluding carboxylic acids is 1. The Kier molecular flexibility index (Phi) is 2.54. The molecule has 2 aromatic rings. The van der Waals surface area contributed by atoms with Gasteiger partial charge in [-0.05, 0) is 37.5 Å². The average molecular weight is 328 g/mol. The molecule has 3 aliphatic rings. The van der Waals surface area contributed by atoms with Gasteiger partial charge in [-0.3, -0.25) is 4.79 Å². The van der Waals surface area contributed by atoms with Crippen LogP contribution in [0.1, 0.15) is 41.0 Å². The van der Waals surface area contributed by atoms with Crippen LogP contribution < -0.4 is 16.4 Å². The molecule has 0 radical (unpaired) electrons. The predicted molar refractivity (Wildman–Crippen MR) is 86.4 cm³/mol.